The molecule has 1 saturated carbocycles. The van der Waals surface area contributed by atoms with Gasteiger partial charge in [-0.05, 0) is 24.5 Å². The van der Waals surface area contributed by atoms with Crippen LogP contribution in [0.3, 0.4) is 0 Å². The molecule has 0 N–H and O–H groups in total. The molecule has 2 rings (SSSR count). The van der Waals surface area contributed by atoms with Gasteiger partial charge in [0.25, 0.3) is 0 Å². The summed E-state index contributed by atoms with van der Waals surface area (Å²) in [5, 5.41) is 10.1. The molecule has 106 valence electrons. The van der Waals surface area contributed by atoms with Gasteiger partial charge in [-0.3, -0.25) is 4.79 Å². The van der Waals surface area contributed by atoms with Crippen LogP contribution in [0.4, 0.5) is 0 Å². The average molecular weight is 310 g/mol. The minimum Gasteiger partial charge on any atom is -0.298 e. The van der Waals surface area contributed by atoms with Crippen LogP contribution in [-0.2, 0) is 4.79 Å². The number of carbonyl (C=O) groups is 1. The second-order valence-electron chi connectivity index (χ2n) is 5.35. The van der Waals surface area contributed by atoms with Crippen LogP contribution in [0, 0.1) is 17.2 Å². The molecule has 20 heavy (non-hydrogen) atoms. The van der Waals surface area contributed by atoms with Gasteiger partial charge in [-0.2, -0.15) is 5.26 Å². The molecule has 0 aromatic heterocycles. The predicted molar refractivity (Wildman–Crippen MR) is 81.0 cm³/mol. The molecule has 0 radical (unpaired) electrons. The summed E-state index contributed by atoms with van der Waals surface area (Å²) in [6, 6.07) is 7.10. The van der Waals surface area contributed by atoms with Crippen LogP contribution in [-0.4, -0.2) is 5.78 Å². The molecule has 0 amide bonds. The lowest BCUT2D eigenvalue weighted by molar-refractivity contribution is -0.119. The Morgan fingerprint density at radius 3 is 2.45 bits per heavy atom. The fourth-order valence-electron chi connectivity index (χ4n) is 2.87. The summed E-state index contributed by atoms with van der Waals surface area (Å²) in [5.74, 6) is -0.285. The van der Waals surface area contributed by atoms with Crippen molar-refractivity contribution in [2.24, 2.45) is 5.92 Å². The Morgan fingerprint density at radius 1 is 1.30 bits per heavy atom. The van der Waals surface area contributed by atoms with Crippen molar-refractivity contribution in [3.63, 3.8) is 0 Å². The summed E-state index contributed by atoms with van der Waals surface area (Å²) in [4.78, 5) is 12.3. The van der Waals surface area contributed by atoms with Gasteiger partial charge >= 0.3 is 0 Å². The van der Waals surface area contributed by atoms with Gasteiger partial charge in [0.05, 0.1) is 6.07 Å². The van der Waals surface area contributed by atoms with Crippen LogP contribution in [0.5, 0.6) is 0 Å². The second kappa shape index (κ2) is 7.11. The number of hydrogen-bond donors (Lipinski definition) is 0. The van der Waals surface area contributed by atoms with Gasteiger partial charge in [0.1, 0.15) is 5.92 Å². The molecule has 1 fully saturated rings. The van der Waals surface area contributed by atoms with Crippen LogP contribution >= 0.6 is 23.2 Å². The van der Waals surface area contributed by atoms with Crippen molar-refractivity contribution in [2.45, 2.75) is 44.4 Å². The molecule has 1 aliphatic rings. The highest BCUT2D eigenvalue weighted by Gasteiger charge is 2.26. The van der Waals surface area contributed by atoms with Crippen molar-refractivity contribution in [3.05, 3.63) is 33.8 Å². The van der Waals surface area contributed by atoms with E-state index in [4.69, 9.17) is 23.2 Å². The number of nitrogens with zero attached hydrogens (tertiary/aromatic N) is 1. The largest absolute Gasteiger partial charge is 0.298 e. The van der Waals surface area contributed by atoms with E-state index < -0.39 is 5.92 Å². The number of ketones is 1. The Kier molecular flexibility index (Phi) is 5.46. The molecule has 4 heteroatoms. The van der Waals surface area contributed by atoms with E-state index in [0.717, 1.165) is 6.42 Å². The molecule has 0 saturated heterocycles. The standard InChI is InChI=1S/C16H17Cl2NO/c17-13-6-3-7-14(18)16(13)12(10-19)15(20)9-8-11-4-1-2-5-11/h3,6-7,11-12H,1-2,4-5,8-9H2. The molecule has 1 atom stereocenters. The van der Waals surface area contributed by atoms with Crippen molar-refractivity contribution in [1.29, 1.82) is 5.26 Å². The normalized spacial score (nSPS) is 16.9. The summed E-state index contributed by atoms with van der Waals surface area (Å²) < 4.78 is 0. The molecule has 0 bridgehead atoms. The topological polar surface area (TPSA) is 40.9 Å². The number of rotatable bonds is 5. The third-order valence-electron chi connectivity index (χ3n) is 4.01. The van der Waals surface area contributed by atoms with Crippen LogP contribution in [0.25, 0.3) is 0 Å². The third kappa shape index (κ3) is 3.53. The molecule has 2 nitrogen and oxygen atoms in total. The zero-order valence-electron chi connectivity index (χ0n) is 11.2. The van der Waals surface area contributed by atoms with Crippen LogP contribution < -0.4 is 0 Å². The Morgan fingerprint density at radius 2 is 1.90 bits per heavy atom. The number of halogens is 2. The molecule has 0 spiro atoms. The van der Waals surface area contributed by atoms with E-state index in [1.54, 1.807) is 18.2 Å². The van der Waals surface area contributed by atoms with E-state index in [2.05, 4.69) is 6.07 Å². The summed E-state index contributed by atoms with van der Waals surface area (Å²) >= 11 is 12.2. The first-order valence-corrected chi connectivity index (χ1v) is 7.75. The lowest BCUT2D eigenvalue weighted by atomic mass is 9.90. The highest BCUT2D eigenvalue weighted by atomic mass is 35.5. The fraction of sp³-hybridized carbons (Fsp3) is 0.500. The van der Waals surface area contributed by atoms with E-state index in [0.29, 0.717) is 27.9 Å². The summed E-state index contributed by atoms with van der Waals surface area (Å²) in [7, 11) is 0. The average Bonchev–Trinajstić information content (AvgIpc) is 2.93. The molecule has 1 aromatic carbocycles. The van der Waals surface area contributed by atoms with Crippen molar-refractivity contribution < 1.29 is 4.79 Å². The van der Waals surface area contributed by atoms with Crippen molar-refractivity contribution in [3.8, 4) is 6.07 Å². The van der Waals surface area contributed by atoms with Gasteiger partial charge < -0.3 is 0 Å². The zero-order chi connectivity index (χ0) is 14.5. The maximum absolute atomic E-state index is 12.3. The Hall–Kier alpha value is -1.04. The zero-order valence-corrected chi connectivity index (χ0v) is 12.8. The Bertz CT molecular complexity index is 510. The van der Waals surface area contributed by atoms with E-state index in [-0.39, 0.29) is 5.78 Å². The van der Waals surface area contributed by atoms with E-state index in [1.807, 2.05) is 0 Å². The lowest BCUT2D eigenvalue weighted by Gasteiger charge is -2.14. The molecular weight excluding hydrogens is 293 g/mol. The van der Waals surface area contributed by atoms with Gasteiger partial charge in [0.2, 0.25) is 0 Å². The summed E-state index contributed by atoms with van der Waals surface area (Å²) in [6.45, 7) is 0. The minimum absolute atomic E-state index is 0.0746. The van der Waals surface area contributed by atoms with E-state index in [9.17, 15) is 10.1 Å². The highest BCUT2D eigenvalue weighted by Crippen LogP contribution is 2.34. The van der Waals surface area contributed by atoms with Crippen LogP contribution in [0.1, 0.15) is 50.0 Å². The first-order chi connectivity index (χ1) is 9.63. The van der Waals surface area contributed by atoms with Gasteiger partial charge in [-0.1, -0.05) is 55.0 Å². The highest BCUT2D eigenvalue weighted by molar-refractivity contribution is 6.36. The lowest BCUT2D eigenvalue weighted by Crippen LogP contribution is -2.13. The maximum Gasteiger partial charge on any atom is 0.154 e. The molecule has 1 aliphatic carbocycles. The molecule has 1 aromatic rings. The fourth-order valence-corrected chi connectivity index (χ4v) is 3.49. The molecular formula is C16H17Cl2NO. The quantitative estimate of drug-likeness (QED) is 0.755. The van der Waals surface area contributed by atoms with Crippen molar-refractivity contribution in [1.82, 2.24) is 0 Å². The molecule has 0 aliphatic heterocycles. The van der Waals surface area contributed by atoms with Gasteiger partial charge in [0, 0.05) is 22.0 Å². The number of Topliss-reactive ketones (excluding diaryl/α,β-unsaturated/α-hetero) is 1. The second-order valence-corrected chi connectivity index (χ2v) is 6.17. The Balaban J connectivity index is 2.07. The SMILES string of the molecule is N#CC(C(=O)CCC1CCCC1)c1c(Cl)cccc1Cl. The third-order valence-corrected chi connectivity index (χ3v) is 4.67. The van der Waals surface area contributed by atoms with Crippen LogP contribution in [0.15, 0.2) is 18.2 Å². The number of hydrogen-bond acceptors (Lipinski definition) is 2. The number of carbonyl (C=O) groups excluding carboxylic acids is 1. The van der Waals surface area contributed by atoms with Gasteiger partial charge in [0.15, 0.2) is 5.78 Å². The first kappa shape index (κ1) is 15.4. The molecule has 0 heterocycles. The smallest absolute Gasteiger partial charge is 0.154 e. The number of nitriles is 1. The predicted octanol–water partition coefficient (Wildman–Crippen LogP) is 5.14. The van der Waals surface area contributed by atoms with Gasteiger partial charge in [-0.25, -0.2) is 0 Å². The number of benzene rings is 1. The minimum atomic E-state index is -0.849. The summed E-state index contributed by atoms with van der Waals surface area (Å²) in [5.41, 5.74) is 0.453. The maximum atomic E-state index is 12.3. The first-order valence-electron chi connectivity index (χ1n) is 6.99. The van der Waals surface area contributed by atoms with Crippen LogP contribution in [0.2, 0.25) is 10.0 Å². The summed E-state index contributed by atoms with van der Waals surface area (Å²) in [6.07, 6.45) is 6.24. The molecule has 1 unspecified atom stereocenters. The van der Waals surface area contributed by atoms with Crippen molar-refractivity contribution >= 4 is 29.0 Å². The van der Waals surface area contributed by atoms with E-state index >= 15 is 0 Å². The Labute approximate surface area is 129 Å². The monoisotopic (exact) mass is 309 g/mol. The van der Waals surface area contributed by atoms with Crippen molar-refractivity contribution in [2.75, 3.05) is 0 Å². The van der Waals surface area contributed by atoms with Gasteiger partial charge in [-0.15, -0.1) is 0 Å². The van der Waals surface area contributed by atoms with E-state index in [1.165, 1.54) is 25.7 Å².